The van der Waals surface area contributed by atoms with E-state index in [1.165, 1.54) is 19.3 Å². The molecule has 2 saturated carbocycles. The molecule has 5 nitrogen and oxygen atoms in total. The van der Waals surface area contributed by atoms with E-state index in [1.54, 1.807) is 7.11 Å². The Labute approximate surface area is 194 Å². The van der Waals surface area contributed by atoms with Crippen molar-refractivity contribution in [3.63, 3.8) is 0 Å². The Hall–Kier alpha value is -3.08. The first-order valence-corrected chi connectivity index (χ1v) is 11.9. The number of ether oxygens (including phenoxy) is 1. The lowest BCUT2D eigenvalue weighted by Gasteiger charge is -2.43. The van der Waals surface area contributed by atoms with E-state index in [0.717, 1.165) is 33.1 Å². The fraction of sp³-hybridized carbons (Fsp3) is 0.429. The number of hydrogen-bond donors (Lipinski definition) is 0. The van der Waals surface area contributed by atoms with Crippen molar-refractivity contribution in [3.8, 4) is 5.75 Å². The molecule has 5 heteroatoms. The molecule has 4 aromatic rings. The van der Waals surface area contributed by atoms with Gasteiger partial charge in [0.05, 0.1) is 23.5 Å². The van der Waals surface area contributed by atoms with Crippen molar-refractivity contribution >= 4 is 21.8 Å². The standard InChI is InChI=1S/C28H31N3O2/c1-27(2)19-8-12-28(3,16-19)26(27)30-15-11-21-23(25(30)32)20-6-5-7-22(33-4)24(20)31(21)17-18-9-13-29-14-10-18/h5-7,9-11,13-15,19,26H,8,12,16-17H2,1-4H3/t19-,26-,28+/m1/s1. The van der Waals surface area contributed by atoms with Gasteiger partial charge in [-0.1, -0.05) is 32.9 Å². The van der Waals surface area contributed by atoms with Crippen LogP contribution < -0.4 is 10.3 Å². The second kappa shape index (κ2) is 6.96. The fourth-order valence-electron chi connectivity index (χ4n) is 7.31. The number of hydrogen-bond acceptors (Lipinski definition) is 3. The molecule has 2 fully saturated rings. The summed E-state index contributed by atoms with van der Waals surface area (Å²) in [5, 5.41) is 1.76. The van der Waals surface area contributed by atoms with E-state index in [2.05, 4.69) is 53.2 Å². The van der Waals surface area contributed by atoms with Crippen LogP contribution in [0, 0.1) is 16.7 Å². The third-order valence-corrected chi connectivity index (χ3v) is 8.71. The van der Waals surface area contributed by atoms with Gasteiger partial charge in [0.2, 0.25) is 0 Å². The minimum Gasteiger partial charge on any atom is -0.495 e. The Morgan fingerprint density at radius 3 is 2.61 bits per heavy atom. The zero-order valence-electron chi connectivity index (χ0n) is 19.8. The lowest BCUT2D eigenvalue weighted by molar-refractivity contribution is 0.0811. The van der Waals surface area contributed by atoms with Gasteiger partial charge in [-0.25, -0.2) is 0 Å². The first kappa shape index (κ1) is 20.5. The zero-order valence-corrected chi connectivity index (χ0v) is 19.8. The average Bonchev–Trinajstić information content (AvgIpc) is 3.41. The molecular formula is C28H31N3O2. The van der Waals surface area contributed by atoms with Crippen molar-refractivity contribution in [3.05, 3.63) is 70.9 Å². The summed E-state index contributed by atoms with van der Waals surface area (Å²) in [6.07, 6.45) is 9.37. The monoisotopic (exact) mass is 441 g/mol. The number of methoxy groups -OCH3 is 1. The molecule has 3 atom stereocenters. The van der Waals surface area contributed by atoms with Crippen LogP contribution in [-0.4, -0.2) is 21.2 Å². The molecule has 2 bridgehead atoms. The Morgan fingerprint density at radius 2 is 1.91 bits per heavy atom. The molecule has 0 spiro atoms. The molecule has 3 aromatic heterocycles. The van der Waals surface area contributed by atoms with Gasteiger partial charge < -0.3 is 13.9 Å². The van der Waals surface area contributed by atoms with Crippen molar-refractivity contribution in [1.82, 2.24) is 14.1 Å². The molecule has 3 heterocycles. The van der Waals surface area contributed by atoms with Crippen molar-refractivity contribution < 1.29 is 4.74 Å². The summed E-state index contributed by atoms with van der Waals surface area (Å²) in [7, 11) is 1.69. The number of fused-ring (bicyclic) bond motifs is 5. The molecule has 0 aliphatic heterocycles. The molecule has 170 valence electrons. The maximum atomic E-state index is 14.2. The third-order valence-electron chi connectivity index (χ3n) is 8.71. The predicted molar refractivity (Wildman–Crippen MR) is 132 cm³/mol. The molecule has 0 saturated heterocycles. The highest BCUT2D eigenvalue weighted by Gasteiger charge is 2.60. The van der Waals surface area contributed by atoms with E-state index in [1.807, 2.05) is 36.7 Å². The van der Waals surface area contributed by atoms with Crippen molar-refractivity contribution in [2.45, 2.75) is 52.6 Å². The van der Waals surface area contributed by atoms with Crippen LogP contribution in [0.25, 0.3) is 21.8 Å². The highest BCUT2D eigenvalue weighted by atomic mass is 16.5. The third kappa shape index (κ3) is 2.77. The number of pyridine rings is 2. The van der Waals surface area contributed by atoms with Gasteiger partial charge in [0.25, 0.3) is 5.56 Å². The second-order valence-electron chi connectivity index (χ2n) is 10.9. The molecular weight excluding hydrogens is 410 g/mol. The van der Waals surface area contributed by atoms with Crippen LogP contribution in [0.2, 0.25) is 0 Å². The number of nitrogens with zero attached hydrogens (tertiary/aromatic N) is 3. The largest absolute Gasteiger partial charge is 0.495 e. The van der Waals surface area contributed by atoms with E-state index >= 15 is 0 Å². The van der Waals surface area contributed by atoms with Crippen LogP contribution >= 0.6 is 0 Å². The van der Waals surface area contributed by atoms with Gasteiger partial charge in [-0.15, -0.1) is 0 Å². The van der Waals surface area contributed by atoms with Crippen LogP contribution in [0.1, 0.15) is 51.6 Å². The Morgan fingerprint density at radius 1 is 1.12 bits per heavy atom. The van der Waals surface area contributed by atoms with Gasteiger partial charge in [-0.3, -0.25) is 9.78 Å². The van der Waals surface area contributed by atoms with Crippen molar-refractivity contribution in [2.75, 3.05) is 7.11 Å². The Bertz CT molecular complexity index is 1430. The quantitative estimate of drug-likeness (QED) is 0.402. The van der Waals surface area contributed by atoms with Crippen molar-refractivity contribution in [1.29, 1.82) is 0 Å². The maximum Gasteiger partial charge on any atom is 0.260 e. The number of rotatable bonds is 4. The lowest BCUT2D eigenvalue weighted by atomic mass is 9.68. The molecule has 33 heavy (non-hydrogen) atoms. The van der Waals surface area contributed by atoms with Gasteiger partial charge in [-0.2, -0.15) is 0 Å². The van der Waals surface area contributed by atoms with Crippen molar-refractivity contribution in [2.24, 2.45) is 16.7 Å². The van der Waals surface area contributed by atoms with Crippen LogP contribution in [0.4, 0.5) is 0 Å². The summed E-state index contributed by atoms with van der Waals surface area (Å²) in [5.41, 5.74) is 3.47. The molecule has 2 aliphatic rings. The molecule has 2 aliphatic carbocycles. The SMILES string of the molecule is COc1cccc2c3c(=O)n([C@@H]4C(C)(C)[C@@H]5CC[C@@]4(C)C5)ccc3n(Cc3ccncc3)c12. The minimum atomic E-state index is 0.109. The summed E-state index contributed by atoms with van der Waals surface area (Å²) < 4.78 is 10.0. The summed E-state index contributed by atoms with van der Waals surface area (Å²) in [5.74, 6) is 1.47. The summed E-state index contributed by atoms with van der Waals surface area (Å²) in [6, 6.07) is 12.4. The first-order chi connectivity index (χ1) is 15.8. The fourth-order valence-corrected chi connectivity index (χ4v) is 7.31. The predicted octanol–water partition coefficient (Wildman–Crippen LogP) is 5.80. The number of benzene rings is 1. The normalized spacial score (nSPS) is 25.8. The molecule has 1 aromatic carbocycles. The molecule has 0 radical (unpaired) electrons. The van der Waals surface area contributed by atoms with Gasteiger partial charge in [0.1, 0.15) is 5.75 Å². The Balaban J connectivity index is 1.63. The highest BCUT2D eigenvalue weighted by molar-refractivity contribution is 6.09. The van der Waals surface area contributed by atoms with E-state index in [4.69, 9.17) is 4.74 Å². The highest BCUT2D eigenvalue weighted by Crippen LogP contribution is 2.67. The zero-order chi connectivity index (χ0) is 23.0. The minimum absolute atomic E-state index is 0.109. The number of aromatic nitrogens is 3. The molecule has 0 N–H and O–H groups in total. The van der Waals surface area contributed by atoms with Crippen LogP contribution in [0.3, 0.4) is 0 Å². The van der Waals surface area contributed by atoms with Gasteiger partial charge in [0.15, 0.2) is 0 Å². The van der Waals surface area contributed by atoms with Gasteiger partial charge in [-0.05, 0) is 65.8 Å². The summed E-state index contributed by atoms with van der Waals surface area (Å²) >= 11 is 0. The van der Waals surface area contributed by atoms with E-state index < -0.39 is 0 Å². The van der Waals surface area contributed by atoms with Crippen LogP contribution in [-0.2, 0) is 6.54 Å². The van der Waals surface area contributed by atoms with Crippen LogP contribution in [0.15, 0.2) is 59.8 Å². The molecule has 0 unspecified atom stereocenters. The summed E-state index contributed by atoms with van der Waals surface area (Å²) in [6.45, 7) is 7.76. The van der Waals surface area contributed by atoms with Gasteiger partial charge in [0, 0.05) is 36.6 Å². The summed E-state index contributed by atoms with van der Waals surface area (Å²) in [4.78, 5) is 18.4. The molecule has 0 amide bonds. The lowest BCUT2D eigenvalue weighted by Crippen LogP contribution is -2.41. The second-order valence-corrected chi connectivity index (χ2v) is 10.9. The average molecular weight is 442 g/mol. The Kier molecular flexibility index (Phi) is 4.33. The number of para-hydroxylation sites is 1. The topological polar surface area (TPSA) is 49.0 Å². The van der Waals surface area contributed by atoms with E-state index in [9.17, 15) is 4.79 Å². The maximum absolute atomic E-state index is 14.2. The first-order valence-electron chi connectivity index (χ1n) is 11.9. The van der Waals surface area contributed by atoms with E-state index in [-0.39, 0.29) is 22.4 Å². The van der Waals surface area contributed by atoms with Gasteiger partial charge >= 0.3 is 0 Å². The molecule has 6 rings (SSSR count). The van der Waals surface area contributed by atoms with E-state index in [0.29, 0.717) is 12.5 Å². The smallest absolute Gasteiger partial charge is 0.260 e. The van der Waals surface area contributed by atoms with Crippen LogP contribution in [0.5, 0.6) is 5.75 Å².